The number of carboxylic acids is 2. The van der Waals surface area contributed by atoms with Gasteiger partial charge in [-0.05, 0) is 44.2 Å². The van der Waals surface area contributed by atoms with Crippen LogP contribution in [0.1, 0.15) is 45.1 Å². The minimum atomic E-state index is -3.82. The lowest BCUT2D eigenvalue weighted by atomic mass is 9.78. The Morgan fingerprint density at radius 3 is 2.50 bits per heavy atom. The molecule has 2 atom stereocenters. The Balaban J connectivity index is 1.82. The lowest BCUT2D eigenvalue weighted by Gasteiger charge is -2.27. The van der Waals surface area contributed by atoms with Crippen LogP contribution < -0.4 is 0 Å². The molecular formula is C19H26NO7P. The van der Waals surface area contributed by atoms with Gasteiger partial charge in [-0.3, -0.25) is 19.1 Å². The number of aliphatic imine (C=N–C) groups is 1. The van der Waals surface area contributed by atoms with Crippen LogP contribution in [0.3, 0.4) is 0 Å². The largest absolute Gasteiger partial charge is 0.481 e. The van der Waals surface area contributed by atoms with Gasteiger partial charge in [0.05, 0.1) is 18.5 Å². The van der Waals surface area contributed by atoms with E-state index in [0.29, 0.717) is 12.8 Å². The Morgan fingerprint density at radius 1 is 1.21 bits per heavy atom. The van der Waals surface area contributed by atoms with E-state index in [1.54, 1.807) is 0 Å². The van der Waals surface area contributed by atoms with Crippen LogP contribution in [0, 0.1) is 5.92 Å². The quantitative estimate of drug-likeness (QED) is 0.288. The Morgan fingerprint density at radius 2 is 1.86 bits per heavy atom. The average Bonchev–Trinajstić information content (AvgIpc) is 2.87. The van der Waals surface area contributed by atoms with Crippen LogP contribution in [0.4, 0.5) is 5.69 Å². The van der Waals surface area contributed by atoms with E-state index in [9.17, 15) is 19.0 Å². The molecule has 0 amide bonds. The van der Waals surface area contributed by atoms with Crippen molar-refractivity contribution < 1.29 is 33.8 Å². The van der Waals surface area contributed by atoms with Crippen molar-refractivity contribution in [3.8, 4) is 0 Å². The number of unbranched alkanes of at least 4 members (excludes halogenated alkanes) is 1. The third-order valence-electron chi connectivity index (χ3n) is 5.26. The minimum absolute atomic E-state index is 0.0277. The second-order valence-electron chi connectivity index (χ2n) is 7.22. The lowest BCUT2D eigenvalue weighted by Crippen LogP contribution is -2.28. The van der Waals surface area contributed by atoms with E-state index in [4.69, 9.17) is 14.7 Å². The number of aliphatic carboxylic acids is 2. The van der Waals surface area contributed by atoms with Crippen LogP contribution in [0.5, 0.6) is 0 Å². The van der Waals surface area contributed by atoms with E-state index < -0.39 is 30.9 Å². The van der Waals surface area contributed by atoms with Gasteiger partial charge in [-0.15, -0.1) is 0 Å². The molecule has 0 saturated heterocycles. The SMILES string of the molecule is CC1=Nc2ccccc2C1(C)CCP(=O)(O)OCCCCC(C(=O)O)C(=O)O. The highest BCUT2D eigenvalue weighted by Gasteiger charge is 2.38. The molecule has 154 valence electrons. The molecule has 1 aromatic rings. The molecule has 0 bridgehead atoms. The summed E-state index contributed by atoms with van der Waals surface area (Å²) in [6, 6.07) is 7.71. The number of carbonyl (C=O) groups is 2. The van der Waals surface area contributed by atoms with E-state index in [2.05, 4.69) is 4.99 Å². The molecule has 0 fully saturated rings. The van der Waals surface area contributed by atoms with Gasteiger partial charge in [0.15, 0.2) is 5.92 Å². The molecule has 2 unspecified atom stereocenters. The summed E-state index contributed by atoms with van der Waals surface area (Å²) >= 11 is 0. The van der Waals surface area contributed by atoms with Crippen LogP contribution in [-0.2, 0) is 24.1 Å². The molecular weight excluding hydrogens is 385 g/mol. The fourth-order valence-electron chi connectivity index (χ4n) is 3.29. The monoisotopic (exact) mass is 411 g/mol. The topological polar surface area (TPSA) is 133 Å². The summed E-state index contributed by atoms with van der Waals surface area (Å²) in [6.07, 6.45) is 0.918. The summed E-state index contributed by atoms with van der Waals surface area (Å²) in [5, 5.41) is 17.6. The number of nitrogens with zero attached hydrogens (tertiary/aromatic N) is 1. The molecule has 1 aromatic carbocycles. The van der Waals surface area contributed by atoms with Crippen molar-refractivity contribution in [2.24, 2.45) is 10.9 Å². The minimum Gasteiger partial charge on any atom is -0.481 e. The molecule has 0 aromatic heterocycles. The molecule has 0 saturated carbocycles. The first kappa shape index (κ1) is 22.3. The van der Waals surface area contributed by atoms with Crippen LogP contribution in [-0.4, -0.2) is 45.5 Å². The first-order chi connectivity index (χ1) is 13.1. The summed E-state index contributed by atoms with van der Waals surface area (Å²) in [4.78, 5) is 36.3. The second-order valence-corrected chi connectivity index (χ2v) is 9.20. The molecule has 0 aliphatic carbocycles. The van der Waals surface area contributed by atoms with E-state index in [-0.39, 0.29) is 25.6 Å². The van der Waals surface area contributed by atoms with Crippen molar-refractivity contribution in [2.75, 3.05) is 12.8 Å². The summed E-state index contributed by atoms with van der Waals surface area (Å²) in [6.45, 7) is 3.88. The van der Waals surface area contributed by atoms with Gasteiger partial charge in [-0.1, -0.05) is 25.1 Å². The third kappa shape index (κ3) is 5.28. The maximum atomic E-state index is 12.4. The van der Waals surface area contributed by atoms with E-state index in [1.807, 2.05) is 38.1 Å². The first-order valence-electron chi connectivity index (χ1n) is 9.14. The Bertz CT molecular complexity index is 808. The fraction of sp³-hybridized carbons (Fsp3) is 0.526. The highest BCUT2D eigenvalue weighted by atomic mass is 31.2. The van der Waals surface area contributed by atoms with Gasteiger partial charge in [0.25, 0.3) is 0 Å². The van der Waals surface area contributed by atoms with E-state index in [1.165, 1.54) is 0 Å². The number of hydrogen-bond acceptors (Lipinski definition) is 5. The normalized spacial score (nSPS) is 20.5. The zero-order valence-corrected chi connectivity index (χ0v) is 16.9. The number of rotatable bonds is 11. The zero-order chi connectivity index (χ0) is 20.9. The molecule has 3 N–H and O–H groups in total. The number of carboxylic acid groups (broad SMARTS) is 2. The lowest BCUT2D eigenvalue weighted by molar-refractivity contribution is -0.154. The maximum absolute atomic E-state index is 12.4. The number of hydrogen-bond donors (Lipinski definition) is 3. The van der Waals surface area contributed by atoms with Gasteiger partial charge >= 0.3 is 19.5 Å². The maximum Gasteiger partial charge on any atom is 0.328 e. The molecule has 8 nitrogen and oxygen atoms in total. The van der Waals surface area contributed by atoms with Crippen molar-refractivity contribution in [1.82, 2.24) is 0 Å². The predicted molar refractivity (Wildman–Crippen MR) is 104 cm³/mol. The molecule has 1 aliphatic rings. The standard InChI is InChI=1S/C19H26NO7P/c1-13-19(2,15-8-3-4-9-16(15)20-13)10-12-28(25,26)27-11-6-5-7-14(17(21)22)18(23)24/h3-4,8-9,14H,5-7,10-12H2,1-2H3,(H,21,22)(H,23,24)(H,25,26). The summed E-state index contributed by atoms with van der Waals surface area (Å²) in [5.41, 5.74) is 2.37. The summed E-state index contributed by atoms with van der Waals surface area (Å²) in [5.74, 6) is -4.24. The molecule has 9 heteroatoms. The van der Waals surface area contributed by atoms with Gasteiger partial charge in [-0.2, -0.15) is 0 Å². The molecule has 1 heterocycles. The fourth-order valence-corrected chi connectivity index (χ4v) is 4.57. The van der Waals surface area contributed by atoms with Gasteiger partial charge < -0.3 is 19.6 Å². The predicted octanol–water partition coefficient (Wildman–Crippen LogP) is 3.60. The number of para-hydroxylation sites is 1. The second kappa shape index (κ2) is 8.99. The van der Waals surface area contributed by atoms with Crippen LogP contribution in [0.2, 0.25) is 0 Å². The Hall–Kier alpha value is -2.02. The first-order valence-corrected chi connectivity index (χ1v) is 10.9. The van der Waals surface area contributed by atoms with E-state index in [0.717, 1.165) is 17.0 Å². The van der Waals surface area contributed by atoms with Gasteiger partial charge in [0.2, 0.25) is 0 Å². The molecule has 0 radical (unpaired) electrons. The highest BCUT2D eigenvalue weighted by molar-refractivity contribution is 7.52. The van der Waals surface area contributed by atoms with Gasteiger partial charge in [-0.25, -0.2) is 0 Å². The summed E-state index contributed by atoms with van der Waals surface area (Å²) in [7, 11) is -3.82. The van der Waals surface area contributed by atoms with Crippen molar-refractivity contribution in [3.63, 3.8) is 0 Å². The number of benzene rings is 1. The third-order valence-corrected chi connectivity index (χ3v) is 6.63. The molecule has 1 aliphatic heterocycles. The summed E-state index contributed by atoms with van der Waals surface area (Å²) < 4.78 is 17.5. The van der Waals surface area contributed by atoms with Crippen molar-refractivity contribution in [2.45, 2.75) is 44.9 Å². The molecule has 0 spiro atoms. The Kier molecular flexibility index (Phi) is 7.15. The average molecular weight is 411 g/mol. The molecule has 2 rings (SSSR count). The van der Waals surface area contributed by atoms with Crippen molar-refractivity contribution >= 4 is 30.9 Å². The van der Waals surface area contributed by atoms with E-state index >= 15 is 0 Å². The van der Waals surface area contributed by atoms with Crippen LogP contribution >= 0.6 is 7.60 Å². The smallest absolute Gasteiger partial charge is 0.328 e. The van der Waals surface area contributed by atoms with Crippen LogP contribution in [0.25, 0.3) is 0 Å². The van der Waals surface area contributed by atoms with Gasteiger partial charge in [0.1, 0.15) is 0 Å². The highest BCUT2D eigenvalue weighted by Crippen LogP contribution is 2.49. The zero-order valence-electron chi connectivity index (χ0n) is 16.0. The van der Waals surface area contributed by atoms with Crippen LogP contribution in [0.15, 0.2) is 29.3 Å². The van der Waals surface area contributed by atoms with Crippen molar-refractivity contribution in [1.29, 1.82) is 0 Å². The number of fused-ring (bicyclic) bond motifs is 1. The molecule has 28 heavy (non-hydrogen) atoms. The van der Waals surface area contributed by atoms with Gasteiger partial charge in [0, 0.05) is 11.1 Å². The Labute approximate surface area is 163 Å². The van der Waals surface area contributed by atoms with Crippen molar-refractivity contribution in [3.05, 3.63) is 29.8 Å².